The fraction of sp³-hybridized carbons (Fsp3) is 0.345. The van der Waals surface area contributed by atoms with Gasteiger partial charge in [0.05, 0.1) is 23.4 Å². The number of benzene rings is 2. The summed E-state index contributed by atoms with van der Waals surface area (Å²) in [5, 5.41) is 8.62. The van der Waals surface area contributed by atoms with Gasteiger partial charge in [0, 0.05) is 60.6 Å². The van der Waals surface area contributed by atoms with Crippen molar-refractivity contribution in [2.75, 3.05) is 25.0 Å². The summed E-state index contributed by atoms with van der Waals surface area (Å²) < 4.78 is 1.77. The normalized spacial score (nSPS) is 20.3. The molecule has 4 heterocycles. The van der Waals surface area contributed by atoms with Crippen LogP contribution in [0.3, 0.4) is 0 Å². The van der Waals surface area contributed by atoms with E-state index in [1.807, 2.05) is 51.5 Å². The molecule has 7 heteroatoms. The molecule has 0 saturated carbocycles. The molecule has 2 aromatic carbocycles. The molecular weight excluding hydrogens is 448 g/mol. The lowest BCUT2D eigenvalue weighted by molar-refractivity contribution is 0.0939. The van der Waals surface area contributed by atoms with E-state index < -0.39 is 0 Å². The van der Waals surface area contributed by atoms with Gasteiger partial charge in [-0.1, -0.05) is 24.3 Å². The van der Waals surface area contributed by atoms with Crippen LogP contribution < -0.4 is 10.2 Å². The van der Waals surface area contributed by atoms with Gasteiger partial charge in [-0.05, 0) is 62.7 Å². The van der Waals surface area contributed by atoms with Crippen molar-refractivity contribution in [1.82, 2.24) is 25.0 Å². The molecule has 2 fully saturated rings. The molecule has 7 nitrogen and oxygen atoms in total. The Balaban J connectivity index is 1.29. The second-order valence-corrected chi connectivity index (χ2v) is 10.3. The number of fused-ring (bicyclic) bond motifs is 3. The molecule has 0 spiro atoms. The Morgan fingerprint density at radius 3 is 2.64 bits per heavy atom. The third-order valence-electron chi connectivity index (χ3n) is 7.87. The molecule has 2 bridgehead atoms. The number of piperazine rings is 1. The van der Waals surface area contributed by atoms with Crippen LogP contribution in [0.1, 0.15) is 40.9 Å². The summed E-state index contributed by atoms with van der Waals surface area (Å²) in [6.45, 7) is 6.17. The number of likely N-dealkylation sites (N-methyl/N-ethyl adjacent to an activating group) is 1. The molecule has 0 aliphatic carbocycles. The number of likely N-dealkylation sites (tertiary alicyclic amines) is 1. The standard InChI is InChI=1S/C29H32N6O/c1-18-9-10-21(35-17-22-11-23(35)16-33(22)3)12-25(18)29(36)31-19(2)26-13-28(20-14-30-34(4)15-20)32-27-8-6-5-7-24(26)27/h5-10,12-15,19,22-23H,11,16-17H2,1-4H3,(H,31,36)/t19-,22+,23-/m1/s1. The number of hydrogen-bond donors (Lipinski definition) is 1. The minimum Gasteiger partial charge on any atom is -0.366 e. The van der Waals surface area contributed by atoms with Gasteiger partial charge in [0.25, 0.3) is 5.91 Å². The SMILES string of the molecule is Cc1ccc(N2C[C@@H]3C[C@@H]2CN3C)cc1C(=O)N[C@H](C)c1cc(-c2cnn(C)c2)nc2ccccc12. The number of nitrogens with one attached hydrogen (secondary N) is 1. The quantitative estimate of drug-likeness (QED) is 0.461. The zero-order chi connectivity index (χ0) is 25.0. The second-order valence-electron chi connectivity index (χ2n) is 10.3. The Bertz CT molecular complexity index is 1460. The minimum atomic E-state index is -0.194. The Hall–Kier alpha value is -3.71. The maximum atomic E-state index is 13.6. The lowest BCUT2D eigenvalue weighted by Crippen LogP contribution is -2.44. The first kappa shape index (κ1) is 22.7. The molecule has 0 unspecified atom stereocenters. The fourth-order valence-corrected chi connectivity index (χ4v) is 5.83. The molecule has 3 atom stereocenters. The van der Waals surface area contributed by atoms with Gasteiger partial charge in [0.1, 0.15) is 0 Å². The molecule has 6 rings (SSSR count). The zero-order valence-corrected chi connectivity index (χ0v) is 21.3. The van der Waals surface area contributed by atoms with Crippen LogP contribution in [0, 0.1) is 6.92 Å². The van der Waals surface area contributed by atoms with E-state index in [1.165, 1.54) is 6.42 Å². The fourth-order valence-electron chi connectivity index (χ4n) is 5.83. The van der Waals surface area contributed by atoms with Crippen LogP contribution in [0.2, 0.25) is 0 Å². The molecule has 2 saturated heterocycles. The molecule has 4 aromatic rings. The van der Waals surface area contributed by atoms with E-state index in [2.05, 4.69) is 57.6 Å². The van der Waals surface area contributed by atoms with Crippen molar-refractivity contribution in [3.8, 4) is 11.3 Å². The van der Waals surface area contributed by atoms with Crippen LogP contribution in [-0.4, -0.2) is 57.8 Å². The van der Waals surface area contributed by atoms with Gasteiger partial charge >= 0.3 is 0 Å². The smallest absolute Gasteiger partial charge is 0.252 e. The van der Waals surface area contributed by atoms with Gasteiger partial charge in [-0.2, -0.15) is 5.10 Å². The Morgan fingerprint density at radius 2 is 1.92 bits per heavy atom. The van der Waals surface area contributed by atoms with Crippen LogP contribution >= 0.6 is 0 Å². The van der Waals surface area contributed by atoms with Crippen LogP contribution in [0.5, 0.6) is 0 Å². The van der Waals surface area contributed by atoms with E-state index in [4.69, 9.17) is 4.98 Å². The van der Waals surface area contributed by atoms with Crippen molar-refractivity contribution in [2.24, 2.45) is 7.05 Å². The highest BCUT2D eigenvalue weighted by Crippen LogP contribution is 2.35. The molecule has 1 N–H and O–H groups in total. The maximum absolute atomic E-state index is 13.6. The largest absolute Gasteiger partial charge is 0.366 e. The molecule has 184 valence electrons. The number of amides is 1. The molecule has 36 heavy (non-hydrogen) atoms. The Morgan fingerprint density at radius 1 is 1.08 bits per heavy atom. The van der Waals surface area contributed by atoms with Crippen LogP contribution in [0.15, 0.2) is 60.9 Å². The number of carbonyl (C=O) groups excluding carboxylic acids is 1. The van der Waals surface area contributed by atoms with Gasteiger partial charge in [-0.15, -0.1) is 0 Å². The van der Waals surface area contributed by atoms with Crippen molar-refractivity contribution in [3.63, 3.8) is 0 Å². The van der Waals surface area contributed by atoms with Crippen LogP contribution in [-0.2, 0) is 7.05 Å². The van der Waals surface area contributed by atoms with Gasteiger partial charge in [0.2, 0.25) is 0 Å². The van der Waals surface area contributed by atoms with Gasteiger partial charge in [-0.3, -0.25) is 14.4 Å². The monoisotopic (exact) mass is 480 g/mol. The summed E-state index contributed by atoms with van der Waals surface area (Å²) in [6.07, 6.45) is 4.99. The maximum Gasteiger partial charge on any atom is 0.252 e. The summed E-state index contributed by atoms with van der Waals surface area (Å²) in [5.74, 6) is -0.0489. The number of rotatable bonds is 5. The van der Waals surface area contributed by atoms with Crippen molar-refractivity contribution in [3.05, 3.63) is 77.6 Å². The molecule has 2 aromatic heterocycles. The number of pyridine rings is 1. The van der Waals surface area contributed by atoms with E-state index in [9.17, 15) is 4.79 Å². The molecule has 0 radical (unpaired) electrons. The van der Waals surface area contributed by atoms with Gasteiger partial charge < -0.3 is 10.2 Å². The highest BCUT2D eigenvalue weighted by Gasteiger charge is 2.41. The molecule has 2 aliphatic rings. The number of para-hydroxylation sites is 1. The Labute approximate surface area is 211 Å². The molecule has 1 amide bonds. The van der Waals surface area contributed by atoms with Crippen molar-refractivity contribution >= 4 is 22.5 Å². The van der Waals surface area contributed by atoms with E-state index in [-0.39, 0.29) is 11.9 Å². The first-order valence-electron chi connectivity index (χ1n) is 12.6. The summed E-state index contributed by atoms with van der Waals surface area (Å²) >= 11 is 0. The first-order valence-corrected chi connectivity index (χ1v) is 12.6. The summed E-state index contributed by atoms with van der Waals surface area (Å²) in [4.78, 5) is 23.3. The number of aromatic nitrogens is 3. The van der Waals surface area contributed by atoms with Crippen LogP contribution in [0.25, 0.3) is 22.2 Å². The third kappa shape index (κ3) is 3.93. The number of aryl methyl sites for hydroxylation is 2. The number of hydrogen-bond acceptors (Lipinski definition) is 5. The van der Waals surface area contributed by atoms with Gasteiger partial charge in [0.15, 0.2) is 0 Å². The van der Waals surface area contributed by atoms with Crippen molar-refractivity contribution in [2.45, 2.75) is 38.4 Å². The predicted molar refractivity (Wildman–Crippen MR) is 143 cm³/mol. The number of anilines is 1. The minimum absolute atomic E-state index is 0.0489. The van der Waals surface area contributed by atoms with E-state index in [0.717, 1.165) is 57.6 Å². The molecular formula is C29H32N6O. The van der Waals surface area contributed by atoms with E-state index in [0.29, 0.717) is 12.1 Å². The highest BCUT2D eigenvalue weighted by molar-refractivity contribution is 5.97. The van der Waals surface area contributed by atoms with E-state index >= 15 is 0 Å². The molecule has 2 aliphatic heterocycles. The van der Waals surface area contributed by atoms with Crippen molar-refractivity contribution in [1.29, 1.82) is 0 Å². The van der Waals surface area contributed by atoms with E-state index in [1.54, 1.807) is 4.68 Å². The topological polar surface area (TPSA) is 66.3 Å². The van der Waals surface area contributed by atoms with Crippen molar-refractivity contribution < 1.29 is 4.79 Å². The van der Waals surface area contributed by atoms with Gasteiger partial charge in [-0.25, -0.2) is 4.98 Å². The summed E-state index contributed by atoms with van der Waals surface area (Å²) in [7, 11) is 4.11. The average Bonchev–Trinajstić information content (AvgIpc) is 3.59. The lowest BCUT2D eigenvalue weighted by atomic mass is 9.99. The third-order valence-corrected chi connectivity index (χ3v) is 7.87. The average molecular weight is 481 g/mol. The lowest BCUT2D eigenvalue weighted by Gasteiger charge is -2.34. The predicted octanol–water partition coefficient (Wildman–Crippen LogP) is 4.33. The first-order chi connectivity index (χ1) is 17.4. The second kappa shape index (κ2) is 8.75. The number of carbonyl (C=O) groups is 1. The number of nitrogens with zero attached hydrogens (tertiary/aromatic N) is 5. The summed E-state index contributed by atoms with van der Waals surface area (Å²) in [6, 6.07) is 17.4. The Kier molecular flexibility index (Phi) is 5.52. The highest BCUT2D eigenvalue weighted by atomic mass is 16.1. The zero-order valence-electron chi connectivity index (χ0n) is 21.3. The summed E-state index contributed by atoms with van der Waals surface area (Å²) in [5.41, 5.74) is 6.63. The van der Waals surface area contributed by atoms with Crippen LogP contribution in [0.4, 0.5) is 5.69 Å².